The summed E-state index contributed by atoms with van der Waals surface area (Å²) in [4.78, 5) is 29.9. The Labute approximate surface area is 234 Å². The third kappa shape index (κ3) is 6.09. The number of methoxy groups -OCH3 is 2. The largest absolute Gasteiger partial charge is 0.497 e. The van der Waals surface area contributed by atoms with Gasteiger partial charge in [0.2, 0.25) is 11.8 Å². The Balaban J connectivity index is 1.57. The Bertz CT molecular complexity index is 1450. The lowest BCUT2D eigenvalue weighted by Crippen LogP contribution is -2.46. The molecule has 0 aliphatic heterocycles. The smallest absolute Gasteiger partial charge is 0.247 e. The lowest BCUT2D eigenvalue weighted by atomic mass is 10.0. The summed E-state index contributed by atoms with van der Waals surface area (Å²) in [5.74, 6) is 0.590. The van der Waals surface area contributed by atoms with Crippen LogP contribution in [0, 0.1) is 6.92 Å². The number of aryl methyl sites for hydroxylation is 1. The van der Waals surface area contributed by atoms with Gasteiger partial charge in [-0.05, 0) is 55.2 Å². The molecule has 4 aromatic rings. The second-order valence-corrected chi connectivity index (χ2v) is 10.3. The second kappa shape index (κ2) is 12.2. The number of nitrogens with zero attached hydrogens (tertiary/aromatic N) is 4. The molecule has 1 fully saturated rings. The SMILES string of the molecule is COc1cc(OC)cc([C@@H](C(=O)NC2CCCC2)N(Cc2ccc(C)cc2)C(=O)Cn2nnc3ccccc32)c1. The number of hydrogen-bond donors (Lipinski definition) is 1. The van der Waals surface area contributed by atoms with Gasteiger partial charge in [0, 0.05) is 18.7 Å². The average molecular weight is 542 g/mol. The molecule has 0 bridgehead atoms. The molecule has 0 saturated heterocycles. The number of aromatic nitrogens is 3. The van der Waals surface area contributed by atoms with Crippen LogP contribution in [0.15, 0.2) is 66.7 Å². The zero-order valence-corrected chi connectivity index (χ0v) is 23.2. The second-order valence-electron chi connectivity index (χ2n) is 10.3. The molecule has 5 rings (SSSR count). The number of nitrogens with one attached hydrogen (secondary N) is 1. The molecule has 1 atom stereocenters. The monoisotopic (exact) mass is 541 g/mol. The summed E-state index contributed by atoms with van der Waals surface area (Å²) in [5, 5.41) is 11.7. The summed E-state index contributed by atoms with van der Waals surface area (Å²) < 4.78 is 12.6. The van der Waals surface area contributed by atoms with Crippen LogP contribution < -0.4 is 14.8 Å². The Morgan fingerprint density at radius 2 is 1.68 bits per heavy atom. The minimum Gasteiger partial charge on any atom is -0.497 e. The van der Waals surface area contributed by atoms with E-state index < -0.39 is 6.04 Å². The van der Waals surface area contributed by atoms with Crippen molar-refractivity contribution in [1.29, 1.82) is 0 Å². The Morgan fingerprint density at radius 1 is 1.00 bits per heavy atom. The van der Waals surface area contributed by atoms with Crippen molar-refractivity contribution in [3.63, 3.8) is 0 Å². The van der Waals surface area contributed by atoms with E-state index in [1.54, 1.807) is 42.0 Å². The van der Waals surface area contributed by atoms with Crippen molar-refractivity contribution in [1.82, 2.24) is 25.2 Å². The van der Waals surface area contributed by atoms with Gasteiger partial charge in [0.05, 0.1) is 19.7 Å². The Hall–Kier alpha value is -4.40. The average Bonchev–Trinajstić information content (AvgIpc) is 3.63. The first-order valence-electron chi connectivity index (χ1n) is 13.6. The first kappa shape index (κ1) is 27.2. The number of fused-ring (bicyclic) bond motifs is 1. The van der Waals surface area contributed by atoms with Crippen LogP contribution in [0.4, 0.5) is 0 Å². The lowest BCUT2D eigenvalue weighted by molar-refractivity contribution is -0.142. The molecule has 1 N–H and O–H groups in total. The molecule has 0 spiro atoms. The maximum atomic E-state index is 14.2. The van der Waals surface area contributed by atoms with Crippen molar-refractivity contribution < 1.29 is 19.1 Å². The first-order chi connectivity index (χ1) is 19.4. The normalized spacial score (nSPS) is 14.2. The van der Waals surface area contributed by atoms with Crippen LogP contribution in [-0.4, -0.2) is 52.0 Å². The molecule has 2 amide bonds. The quantitative estimate of drug-likeness (QED) is 0.316. The minimum absolute atomic E-state index is 0.0688. The molecule has 40 heavy (non-hydrogen) atoms. The highest BCUT2D eigenvalue weighted by atomic mass is 16.5. The lowest BCUT2D eigenvalue weighted by Gasteiger charge is -2.33. The van der Waals surface area contributed by atoms with Crippen molar-refractivity contribution in [3.05, 3.63) is 83.4 Å². The van der Waals surface area contributed by atoms with E-state index in [0.717, 1.165) is 42.3 Å². The summed E-state index contributed by atoms with van der Waals surface area (Å²) in [6.07, 6.45) is 4.01. The summed E-state index contributed by atoms with van der Waals surface area (Å²) in [7, 11) is 3.13. The van der Waals surface area contributed by atoms with Crippen molar-refractivity contribution in [2.45, 2.75) is 57.8 Å². The van der Waals surface area contributed by atoms with E-state index in [0.29, 0.717) is 22.6 Å². The van der Waals surface area contributed by atoms with Gasteiger partial charge < -0.3 is 19.7 Å². The van der Waals surface area contributed by atoms with E-state index in [2.05, 4.69) is 15.6 Å². The van der Waals surface area contributed by atoms with Gasteiger partial charge in [-0.25, -0.2) is 4.68 Å². The van der Waals surface area contributed by atoms with Gasteiger partial charge in [-0.2, -0.15) is 0 Å². The van der Waals surface area contributed by atoms with Crippen LogP contribution in [0.2, 0.25) is 0 Å². The van der Waals surface area contributed by atoms with Gasteiger partial charge in [0.1, 0.15) is 29.6 Å². The molecule has 1 aromatic heterocycles. The maximum Gasteiger partial charge on any atom is 0.247 e. The molecule has 1 heterocycles. The van der Waals surface area contributed by atoms with Crippen LogP contribution >= 0.6 is 0 Å². The Kier molecular flexibility index (Phi) is 8.28. The summed E-state index contributed by atoms with van der Waals surface area (Å²) in [6.45, 7) is 2.18. The Morgan fingerprint density at radius 3 is 2.35 bits per heavy atom. The van der Waals surface area contributed by atoms with Crippen LogP contribution in [0.5, 0.6) is 11.5 Å². The zero-order chi connectivity index (χ0) is 28.1. The highest BCUT2D eigenvalue weighted by Gasteiger charge is 2.34. The fourth-order valence-electron chi connectivity index (χ4n) is 5.28. The topological polar surface area (TPSA) is 98.6 Å². The fraction of sp³-hybridized carbons (Fsp3) is 0.355. The number of amides is 2. The van der Waals surface area contributed by atoms with Gasteiger partial charge in [0.15, 0.2) is 0 Å². The van der Waals surface area contributed by atoms with E-state index in [1.807, 2.05) is 55.5 Å². The first-order valence-corrected chi connectivity index (χ1v) is 13.6. The number of rotatable bonds is 10. The number of ether oxygens (including phenoxy) is 2. The van der Waals surface area contributed by atoms with Gasteiger partial charge in [-0.1, -0.05) is 60.0 Å². The standard InChI is InChI=1S/C31H35N5O4/c1-21-12-14-22(15-13-21)19-35(29(37)20-36-28-11-7-6-10-27(28)33-34-36)30(31(38)32-24-8-4-5-9-24)23-16-25(39-2)18-26(17-23)40-3/h6-7,10-18,24,30H,4-5,8-9,19-20H2,1-3H3,(H,32,38)/t30-/m0/s1. The molecule has 1 saturated carbocycles. The van der Waals surface area contributed by atoms with Crippen LogP contribution in [-0.2, 0) is 22.7 Å². The molecule has 3 aromatic carbocycles. The highest BCUT2D eigenvalue weighted by molar-refractivity contribution is 5.89. The number of carbonyl (C=O) groups is 2. The summed E-state index contributed by atoms with van der Waals surface area (Å²) >= 11 is 0. The van der Waals surface area contributed by atoms with Crippen LogP contribution in [0.25, 0.3) is 11.0 Å². The number of benzene rings is 3. The van der Waals surface area contributed by atoms with Crippen LogP contribution in [0.3, 0.4) is 0 Å². The van der Waals surface area contributed by atoms with Crippen LogP contribution in [0.1, 0.15) is 48.4 Å². The molecular formula is C31H35N5O4. The number of para-hydroxylation sites is 1. The predicted molar refractivity (Wildman–Crippen MR) is 152 cm³/mol. The van der Waals surface area contributed by atoms with E-state index >= 15 is 0 Å². The maximum absolute atomic E-state index is 14.2. The van der Waals surface area contributed by atoms with E-state index in [9.17, 15) is 9.59 Å². The molecule has 9 nitrogen and oxygen atoms in total. The zero-order valence-electron chi connectivity index (χ0n) is 23.2. The molecule has 9 heteroatoms. The molecular weight excluding hydrogens is 506 g/mol. The van der Waals surface area contributed by atoms with E-state index in [4.69, 9.17) is 9.47 Å². The number of carbonyl (C=O) groups excluding carboxylic acids is 2. The molecule has 0 radical (unpaired) electrons. The van der Waals surface area contributed by atoms with Gasteiger partial charge >= 0.3 is 0 Å². The van der Waals surface area contributed by atoms with Gasteiger partial charge in [-0.15, -0.1) is 5.10 Å². The molecule has 1 aliphatic carbocycles. The molecule has 1 aliphatic rings. The predicted octanol–water partition coefficient (Wildman–Crippen LogP) is 4.59. The van der Waals surface area contributed by atoms with E-state index in [-0.39, 0.29) is 30.9 Å². The number of hydrogen-bond acceptors (Lipinski definition) is 6. The van der Waals surface area contributed by atoms with Crippen molar-refractivity contribution >= 4 is 22.8 Å². The third-order valence-corrected chi connectivity index (χ3v) is 7.45. The molecule has 0 unspecified atom stereocenters. The van der Waals surface area contributed by atoms with E-state index in [1.165, 1.54) is 0 Å². The summed E-state index contributed by atoms with van der Waals surface area (Å²) in [6, 6.07) is 20.0. The van der Waals surface area contributed by atoms with Crippen molar-refractivity contribution in [3.8, 4) is 11.5 Å². The van der Waals surface area contributed by atoms with Gasteiger partial charge in [0.25, 0.3) is 0 Å². The van der Waals surface area contributed by atoms with Crippen molar-refractivity contribution in [2.75, 3.05) is 14.2 Å². The minimum atomic E-state index is -0.923. The fourth-order valence-corrected chi connectivity index (χ4v) is 5.28. The molecule has 208 valence electrons. The van der Waals surface area contributed by atoms with Gasteiger partial charge in [-0.3, -0.25) is 9.59 Å². The summed E-state index contributed by atoms with van der Waals surface area (Å²) in [5.41, 5.74) is 4.09. The third-order valence-electron chi connectivity index (χ3n) is 7.45. The van der Waals surface area contributed by atoms with Crippen molar-refractivity contribution in [2.24, 2.45) is 0 Å². The highest BCUT2D eigenvalue weighted by Crippen LogP contribution is 2.32.